The molecule has 0 aliphatic carbocycles. The van der Waals surface area contributed by atoms with Gasteiger partial charge >= 0.3 is 6.18 Å². The van der Waals surface area contributed by atoms with Crippen LogP contribution in [0.5, 0.6) is 0 Å². The van der Waals surface area contributed by atoms with Crippen LogP contribution in [0.4, 0.5) is 22.0 Å². The number of hydrogen-bond donors (Lipinski definition) is 1. The Morgan fingerprint density at radius 2 is 1.89 bits per heavy atom. The van der Waals surface area contributed by atoms with Crippen LogP contribution in [-0.4, -0.2) is 38.2 Å². The maximum Gasteiger partial charge on any atom is 0.451 e. The minimum absolute atomic E-state index is 0. The van der Waals surface area contributed by atoms with Crippen molar-refractivity contribution in [3.63, 3.8) is 0 Å². The normalized spacial score (nSPS) is 15.0. The van der Waals surface area contributed by atoms with Gasteiger partial charge in [0.2, 0.25) is 11.7 Å². The molecule has 0 fully saturated rings. The minimum Gasteiger partial charge on any atom is -0.333 e. The van der Waals surface area contributed by atoms with Crippen LogP contribution in [0.2, 0.25) is 0 Å². The lowest BCUT2D eigenvalue weighted by Crippen LogP contribution is -2.42. The summed E-state index contributed by atoms with van der Waals surface area (Å²) in [7, 11) is 0. The zero-order valence-electron chi connectivity index (χ0n) is 14.4. The summed E-state index contributed by atoms with van der Waals surface area (Å²) < 4.78 is 65.6. The number of aromatic nitrogens is 3. The second-order valence-electron chi connectivity index (χ2n) is 6.32. The van der Waals surface area contributed by atoms with Crippen LogP contribution in [0.1, 0.15) is 23.6 Å². The average Bonchev–Trinajstić information content (AvgIpc) is 3.01. The molecule has 1 aromatic carbocycles. The van der Waals surface area contributed by atoms with Gasteiger partial charge < -0.3 is 15.2 Å². The maximum atomic E-state index is 13.2. The van der Waals surface area contributed by atoms with E-state index >= 15 is 0 Å². The van der Waals surface area contributed by atoms with Gasteiger partial charge in [-0.15, -0.1) is 22.6 Å². The Morgan fingerprint density at radius 3 is 2.54 bits per heavy atom. The molecule has 0 radical (unpaired) electrons. The van der Waals surface area contributed by atoms with Crippen molar-refractivity contribution in [3.05, 3.63) is 47.0 Å². The fourth-order valence-corrected chi connectivity index (χ4v) is 2.98. The number of nitrogens with two attached hydrogens (primary N) is 1. The van der Waals surface area contributed by atoms with Crippen molar-refractivity contribution in [2.75, 3.05) is 6.54 Å². The van der Waals surface area contributed by atoms with Crippen LogP contribution in [0.15, 0.2) is 18.2 Å². The summed E-state index contributed by atoms with van der Waals surface area (Å²) in [4.78, 5) is 13.7. The Morgan fingerprint density at radius 1 is 1.18 bits per heavy atom. The molecule has 154 valence electrons. The first-order valence-electron chi connectivity index (χ1n) is 8.11. The third kappa shape index (κ3) is 4.76. The fraction of sp³-hybridized carbons (Fsp3) is 0.438. The molecule has 6 nitrogen and oxygen atoms in total. The van der Waals surface area contributed by atoms with Gasteiger partial charge in [0.05, 0.1) is 6.54 Å². The average molecular weight is 426 g/mol. The van der Waals surface area contributed by atoms with Gasteiger partial charge in [-0.2, -0.15) is 13.2 Å². The van der Waals surface area contributed by atoms with Crippen molar-refractivity contribution in [2.45, 2.75) is 38.1 Å². The molecule has 0 saturated heterocycles. The Hall–Kier alpha value is -2.27. The number of rotatable bonds is 4. The van der Waals surface area contributed by atoms with Crippen LogP contribution in [0, 0.1) is 11.6 Å². The van der Waals surface area contributed by atoms with E-state index in [1.807, 2.05) is 0 Å². The third-order valence-electron chi connectivity index (χ3n) is 4.28. The number of fused-ring (bicyclic) bond motifs is 1. The highest BCUT2D eigenvalue weighted by Gasteiger charge is 2.39. The van der Waals surface area contributed by atoms with Crippen LogP contribution < -0.4 is 5.73 Å². The summed E-state index contributed by atoms with van der Waals surface area (Å²) in [6.45, 7) is -0.0913. The summed E-state index contributed by atoms with van der Waals surface area (Å²) in [6, 6.07) is 2.73. The molecule has 0 saturated carbocycles. The summed E-state index contributed by atoms with van der Waals surface area (Å²) in [5.74, 6) is -3.36. The lowest BCUT2D eigenvalue weighted by atomic mass is 10.0. The molecule has 28 heavy (non-hydrogen) atoms. The minimum atomic E-state index is -4.61. The SMILES string of the molecule is Cl.N[C@@H](CC(=O)N1CCn2c(nnc2C(F)(F)F)C1)Cc1ccc(F)c(F)c1. The van der Waals surface area contributed by atoms with E-state index in [1.54, 1.807) is 0 Å². The topological polar surface area (TPSA) is 77.0 Å². The highest BCUT2D eigenvalue weighted by Crippen LogP contribution is 2.29. The predicted molar refractivity (Wildman–Crippen MR) is 90.3 cm³/mol. The van der Waals surface area contributed by atoms with E-state index < -0.39 is 29.7 Å². The summed E-state index contributed by atoms with van der Waals surface area (Å²) in [5.41, 5.74) is 6.36. The zero-order chi connectivity index (χ0) is 19.8. The number of benzene rings is 1. The van der Waals surface area contributed by atoms with E-state index in [0.29, 0.717) is 5.56 Å². The van der Waals surface area contributed by atoms with Crippen LogP contribution in [0.3, 0.4) is 0 Å². The molecule has 1 amide bonds. The van der Waals surface area contributed by atoms with E-state index in [1.165, 1.54) is 11.0 Å². The monoisotopic (exact) mass is 425 g/mol. The van der Waals surface area contributed by atoms with Crippen LogP contribution >= 0.6 is 12.4 Å². The van der Waals surface area contributed by atoms with Gasteiger partial charge in [-0.05, 0) is 24.1 Å². The molecule has 1 aliphatic heterocycles. The second-order valence-corrected chi connectivity index (χ2v) is 6.32. The Kier molecular flexibility index (Phi) is 6.60. The number of halogens is 6. The molecule has 0 spiro atoms. The van der Waals surface area contributed by atoms with E-state index in [4.69, 9.17) is 5.73 Å². The molecule has 0 bridgehead atoms. The molecule has 12 heteroatoms. The first-order valence-corrected chi connectivity index (χ1v) is 8.11. The smallest absolute Gasteiger partial charge is 0.333 e. The molecule has 3 rings (SSSR count). The summed E-state index contributed by atoms with van der Waals surface area (Å²) in [5, 5.41) is 6.67. The van der Waals surface area contributed by atoms with Gasteiger partial charge in [0.15, 0.2) is 17.5 Å². The van der Waals surface area contributed by atoms with Crippen molar-refractivity contribution >= 4 is 18.3 Å². The molecular weight excluding hydrogens is 409 g/mol. The molecule has 2 heterocycles. The number of nitrogens with zero attached hydrogens (tertiary/aromatic N) is 4. The zero-order valence-corrected chi connectivity index (χ0v) is 15.2. The van der Waals surface area contributed by atoms with Crippen LogP contribution in [-0.2, 0) is 30.5 Å². The third-order valence-corrected chi connectivity index (χ3v) is 4.28. The molecule has 1 atom stereocenters. The van der Waals surface area contributed by atoms with E-state index in [0.717, 1.165) is 16.7 Å². The number of alkyl halides is 3. The second kappa shape index (κ2) is 8.39. The summed E-state index contributed by atoms with van der Waals surface area (Å²) >= 11 is 0. The molecule has 1 aromatic heterocycles. The molecular formula is C16H17ClF5N5O. The summed E-state index contributed by atoms with van der Waals surface area (Å²) in [6.07, 6.45) is -4.53. The fourth-order valence-electron chi connectivity index (χ4n) is 2.98. The predicted octanol–water partition coefficient (Wildman–Crippen LogP) is 2.30. The van der Waals surface area contributed by atoms with Gasteiger partial charge in [0.25, 0.3) is 0 Å². The number of carbonyl (C=O) groups excluding carboxylic acids is 1. The number of carbonyl (C=O) groups is 1. The maximum absolute atomic E-state index is 13.2. The standard InChI is InChI=1S/C16H16F5N5O.ClH/c17-11-2-1-9(6-12(11)18)5-10(22)7-14(27)25-3-4-26-13(8-25)23-24-15(26)16(19,20)21;/h1-2,6,10H,3-5,7-8,22H2;1H/t10-;/m1./s1. The Balaban J connectivity index is 0.00000280. The largest absolute Gasteiger partial charge is 0.451 e. The van der Waals surface area contributed by atoms with Gasteiger partial charge in [0, 0.05) is 25.6 Å². The van der Waals surface area contributed by atoms with Gasteiger partial charge in [-0.25, -0.2) is 8.78 Å². The number of hydrogen-bond acceptors (Lipinski definition) is 4. The Bertz CT molecular complexity index is 856. The van der Waals surface area contributed by atoms with Crippen molar-refractivity contribution in [2.24, 2.45) is 5.73 Å². The van der Waals surface area contributed by atoms with Crippen molar-refractivity contribution in [1.82, 2.24) is 19.7 Å². The Labute approximate surface area is 162 Å². The lowest BCUT2D eigenvalue weighted by molar-refractivity contribution is -0.148. The van der Waals surface area contributed by atoms with E-state index in [9.17, 15) is 26.7 Å². The van der Waals surface area contributed by atoms with Crippen molar-refractivity contribution in [1.29, 1.82) is 0 Å². The number of amides is 1. The highest BCUT2D eigenvalue weighted by atomic mass is 35.5. The highest BCUT2D eigenvalue weighted by molar-refractivity contribution is 5.85. The van der Waals surface area contributed by atoms with Crippen molar-refractivity contribution < 1.29 is 26.7 Å². The quantitative estimate of drug-likeness (QED) is 0.763. The van der Waals surface area contributed by atoms with Gasteiger partial charge in [0.1, 0.15) is 0 Å². The first-order chi connectivity index (χ1) is 12.6. The van der Waals surface area contributed by atoms with E-state index in [2.05, 4.69) is 10.2 Å². The molecule has 2 aromatic rings. The van der Waals surface area contributed by atoms with Crippen LogP contribution in [0.25, 0.3) is 0 Å². The van der Waals surface area contributed by atoms with E-state index in [-0.39, 0.29) is 56.6 Å². The van der Waals surface area contributed by atoms with Crippen molar-refractivity contribution in [3.8, 4) is 0 Å². The molecule has 0 unspecified atom stereocenters. The first kappa shape index (κ1) is 22.0. The lowest BCUT2D eigenvalue weighted by Gasteiger charge is -2.29. The molecule has 1 aliphatic rings. The van der Waals surface area contributed by atoms with Gasteiger partial charge in [-0.3, -0.25) is 4.79 Å². The molecule has 2 N–H and O–H groups in total. The van der Waals surface area contributed by atoms with Gasteiger partial charge in [-0.1, -0.05) is 6.07 Å².